The van der Waals surface area contributed by atoms with E-state index in [2.05, 4.69) is 29.9 Å². The predicted octanol–water partition coefficient (Wildman–Crippen LogP) is 5.58. The van der Waals surface area contributed by atoms with Crippen LogP contribution < -0.4 is 0 Å². The Bertz CT molecular complexity index is 423. The van der Waals surface area contributed by atoms with E-state index in [0.29, 0.717) is 18.3 Å². The van der Waals surface area contributed by atoms with Crippen molar-refractivity contribution in [3.05, 3.63) is 24.3 Å². The van der Waals surface area contributed by atoms with E-state index in [-0.39, 0.29) is 5.97 Å². The van der Waals surface area contributed by atoms with Gasteiger partial charge in [0.2, 0.25) is 0 Å². The number of carbonyl (C=O) groups excluding carboxylic acids is 1. The van der Waals surface area contributed by atoms with Crippen molar-refractivity contribution >= 4 is 5.97 Å². The summed E-state index contributed by atoms with van der Waals surface area (Å²) in [6.07, 6.45) is 20.3. The first-order valence-corrected chi connectivity index (χ1v) is 10.1. The van der Waals surface area contributed by atoms with Gasteiger partial charge in [-0.25, -0.2) is 0 Å². The van der Waals surface area contributed by atoms with Crippen LogP contribution in [0.15, 0.2) is 24.3 Å². The molecule has 0 saturated heterocycles. The van der Waals surface area contributed by atoms with E-state index < -0.39 is 5.60 Å². The molecule has 0 radical (unpaired) electrons. The number of ether oxygens (including phenoxy) is 1. The summed E-state index contributed by atoms with van der Waals surface area (Å²) in [6.45, 7) is 4.13. The highest BCUT2D eigenvalue weighted by Gasteiger charge is 2.25. The number of aliphatic hydroxyl groups is 1. The first-order chi connectivity index (χ1) is 12.0. The van der Waals surface area contributed by atoms with Crippen LogP contribution >= 0.6 is 0 Å². The second-order valence-corrected chi connectivity index (χ2v) is 7.70. The van der Waals surface area contributed by atoms with Crippen LogP contribution in [0.2, 0.25) is 0 Å². The van der Waals surface area contributed by atoms with Gasteiger partial charge < -0.3 is 9.84 Å². The lowest BCUT2D eigenvalue weighted by atomic mass is 9.89. The van der Waals surface area contributed by atoms with E-state index in [1.807, 2.05) is 13.0 Å². The summed E-state index contributed by atoms with van der Waals surface area (Å²) >= 11 is 0. The number of unbranched alkanes of at least 4 members (excludes halogenated alkanes) is 3. The Morgan fingerprint density at radius 3 is 2.76 bits per heavy atom. The van der Waals surface area contributed by atoms with E-state index in [0.717, 1.165) is 32.1 Å². The minimum Gasteiger partial charge on any atom is -0.469 e. The minimum absolute atomic E-state index is 0.125. The summed E-state index contributed by atoms with van der Waals surface area (Å²) in [4.78, 5) is 11.1. The van der Waals surface area contributed by atoms with Crippen LogP contribution in [0.1, 0.15) is 84.5 Å². The third-order valence-electron chi connectivity index (χ3n) is 5.29. The molecule has 0 aromatic heterocycles. The van der Waals surface area contributed by atoms with Crippen molar-refractivity contribution in [3.8, 4) is 0 Å². The maximum Gasteiger partial charge on any atom is 0.305 e. The van der Waals surface area contributed by atoms with Crippen molar-refractivity contribution in [2.45, 2.75) is 90.1 Å². The molecule has 2 unspecified atom stereocenters. The van der Waals surface area contributed by atoms with Gasteiger partial charge in [-0.15, -0.1) is 0 Å². The van der Waals surface area contributed by atoms with Crippen LogP contribution in [-0.4, -0.2) is 23.8 Å². The average molecular weight is 351 g/mol. The van der Waals surface area contributed by atoms with Crippen LogP contribution in [0.25, 0.3) is 0 Å². The van der Waals surface area contributed by atoms with Crippen molar-refractivity contribution in [3.63, 3.8) is 0 Å². The van der Waals surface area contributed by atoms with Crippen LogP contribution in [0.4, 0.5) is 0 Å². The van der Waals surface area contributed by atoms with Gasteiger partial charge in [0.15, 0.2) is 0 Å². The van der Waals surface area contributed by atoms with Crippen molar-refractivity contribution in [2.75, 3.05) is 7.11 Å². The number of hydrogen-bond acceptors (Lipinski definition) is 3. The molecule has 0 aromatic carbocycles. The molecule has 1 N–H and O–H groups in total. The maximum atomic E-state index is 11.1. The molecule has 3 atom stereocenters. The molecule has 144 valence electrons. The first-order valence-electron chi connectivity index (χ1n) is 10.1. The summed E-state index contributed by atoms with van der Waals surface area (Å²) < 4.78 is 4.65. The lowest BCUT2D eigenvalue weighted by molar-refractivity contribution is -0.140. The number of hydrogen-bond donors (Lipinski definition) is 1. The van der Waals surface area contributed by atoms with Gasteiger partial charge in [-0.1, -0.05) is 56.9 Å². The smallest absolute Gasteiger partial charge is 0.305 e. The number of methoxy groups -OCH3 is 1. The molecule has 3 nitrogen and oxygen atoms in total. The topological polar surface area (TPSA) is 46.5 Å². The minimum atomic E-state index is -0.661. The summed E-state index contributed by atoms with van der Waals surface area (Å²) in [5, 5.41) is 10.5. The van der Waals surface area contributed by atoms with Crippen LogP contribution in [0.3, 0.4) is 0 Å². The van der Waals surface area contributed by atoms with Crippen molar-refractivity contribution in [1.29, 1.82) is 0 Å². The Hall–Kier alpha value is -1.09. The van der Waals surface area contributed by atoms with E-state index >= 15 is 0 Å². The van der Waals surface area contributed by atoms with Gasteiger partial charge in [0.05, 0.1) is 12.7 Å². The Labute approximate surface area is 154 Å². The summed E-state index contributed by atoms with van der Waals surface area (Å²) in [7, 11) is 1.44. The summed E-state index contributed by atoms with van der Waals surface area (Å²) in [5.41, 5.74) is -0.661. The Morgan fingerprint density at radius 2 is 2.04 bits per heavy atom. The molecular formula is C22H38O3. The Morgan fingerprint density at radius 1 is 1.24 bits per heavy atom. The summed E-state index contributed by atoms with van der Waals surface area (Å²) in [5.74, 6) is 1.16. The van der Waals surface area contributed by atoms with E-state index in [1.165, 1.54) is 39.2 Å². The van der Waals surface area contributed by atoms with E-state index in [9.17, 15) is 9.90 Å². The molecule has 1 saturated carbocycles. The second kappa shape index (κ2) is 12.3. The SMILES string of the molecule is CCCCCC(C)(O)/C=C/C1CCC[C@@H]1C/C=C\CCCC(=O)OC. The molecule has 1 rings (SSSR count). The fourth-order valence-electron chi connectivity index (χ4n) is 3.61. The molecule has 0 bridgehead atoms. The lowest BCUT2D eigenvalue weighted by Gasteiger charge is -2.21. The van der Waals surface area contributed by atoms with Gasteiger partial charge in [-0.2, -0.15) is 0 Å². The molecule has 0 spiro atoms. The van der Waals surface area contributed by atoms with E-state index in [4.69, 9.17) is 0 Å². The Balaban J connectivity index is 2.33. The molecular weight excluding hydrogens is 312 g/mol. The maximum absolute atomic E-state index is 11.1. The van der Waals surface area contributed by atoms with Crippen LogP contribution in [-0.2, 0) is 9.53 Å². The number of allylic oxidation sites excluding steroid dienone is 3. The van der Waals surface area contributed by atoms with Crippen LogP contribution in [0.5, 0.6) is 0 Å². The van der Waals surface area contributed by atoms with Crippen LogP contribution in [0, 0.1) is 11.8 Å². The third-order valence-corrected chi connectivity index (χ3v) is 5.29. The van der Waals surface area contributed by atoms with Crippen molar-refractivity contribution < 1.29 is 14.6 Å². The van der Waals surface area contributed by atoms with Crippen molar-refractivity contribution in [1.82, 2.24) is 0 Å². The highest BCUT2D eigenvalue weighted by atomic mass is 16.5. The highest BCUT2D eigenvalue weighted by molar-refractivity contribution is 5.69. The van der Waals surface area contributed by atoms with Crippen molar-refractivity contribution in [2.24, 2.45) is 11.8 Å². The Kier molecular flexibility index (Phi) is 10.8. The van der Waals surface area contributed by atoms with Gasteiger partial charge in [0.25, 0.3) is 0 Å². The van der Waals surface area contributed by atoms with Gasteiger partial charge in [-0.05, 0) is 57.3 Å². The molecule has 1 aliphatic carbocycles. The monoisotopic (exact) mass is 350 g/mol. The van der Waals surface area contributed by atoms with Gasteiger partial charge in [0.1, 0.15) is 0 Å². The first kappa shape index (κ1) is 22.0. The molecule has 25 heavy (non-hydrogen) atoms. The zero-order chi connectivity index (χ0) is 18.5. The molecule has 0 aliphatic heterocycles. The molecule has 1 aliphatic rings. The zero-order valence-corrected chi connectivity index (χ0v) is 16.5. The largest absolute Gasteiger partial charge is 0.469 e. The quantitative estimate of drug-likeness (QED) is 0.284. The fourth-order valence-corrected chi connectivity index (χ4v) is 3.61. The fraction of sp³-hybridized carbons (Fsp3) is 0.773. The second-order valence-electron chi connectivity index (χ2n) is 7.70. The standard InChI is InChI=1S/C22H38O3/c1-4-5-10-17-22(2,24)18-16-20-14-11-13-19(20)12-8-6-7-9-15-21(23)25-3/h6,8,16,18-20,24H,4-5,7,9-15,17H2,1-3H3/b8-6-,18-16+/t19-,20?,22?/m0/s1. The van der Waals surface area contributed by atoms with Gasteiger partial charge in [0, 0.05) is 6.42 Å². The van der Waals surface area contributed by atoms with Gasteiger partial charge in [-0.3, -0.25) is 4.79 Å². The molecule has 0 amide bonds. The molecule has 3 heteroatoms. The number of carbonyl (C=O) groups is 1. The third kappa shape index (κ3) is 9.84. The average Bonchev–Trinajstić information content (AvgIpc) is 3.03. The number of esters is 1. The van der Waals surface area contributed by atoms with Gasteiger partial charge >= 0.3 is 5.97 Å². The normalized spacial score (nSPS) is 23.4. The predicted molar refractivity (Wildman–Crippen MR) is 104 cm³/mol. The molecule has 0 heterocycles. The molecule has 1 fully saturated rings. The molecule has 0 aromatic rings. The lowest BCUT2D eigenvalue weighted by Crippen LogP contribution is -2.21. The zero-order valence-electron chi connectivity index (χ0n) is 16.5. The number of rotatable bonds is 12. The summed E-state index contributed by atoms with van der Waals surface area (Å²) in [6, 6.07) is 0. The van der Waals surface area contributed by atoms with E-state index in [1.54, 1.807) is 0 Å². The highest BCUT2D eigenvalue weighted by Crippen LogP contribution is 2.36.